The van der Waals surface area contributed by atoms with Gasteiger partial charge in [-0.25, -0.2) is 9.59 Å². The molecule has 0 aliphatic rings. The molecule has 164 valence electrons. The number of aliphatic carboxylic acids is 1. The minimum absolute atomic E-state index is 0. The number of amides is 2. The molecule has 0 aliphatic heterocycles. The number of alkyl carbamates (subject to hydrolysis) is 1. The van der Waals surface area contributed by atoms with Crippen molar-refractivity contribution in [3.63, 3.8) is 0 Å². The monoisotopic (exact) mass is 442 g/mol. The second-order valence-corrected chi connectivity index (χ2v) is 6.09. The first-order valence-corrected chi connectivity index (χ1v) is 8.68. The Labute approximate surface area is 178 Å². The number of rotatable bonds is 10. The van der Waals surface area contributed by atoms with Gasteiger partial charge in [0.1, 0.15) is 6.61 Å². The van der Waals surface area contributed by atoms with Crippen molar-refractivity contribution < 1.29 is 33.5 Å². The molecule has 12 heteroatoms. The van der Waals surface area contributed by atoms with Gasteiger partial charge in [-0.05, 0) is 30.6 Å². The Bertz CT molecular complexity index is 846. The number of carboxylic acid groups (broad SMARTS) is 1. The summed E-state index contributed by atoms with van der Waals surface area (Å²) >= 11 is 0. The Hall–Kier alpha value is -3.31. The third kappa shape index (κ3) is 7.26. The number of benzene rings is 1. The van der Waals surface area contributed by atoms with E-state index in [0.717, 1.165) is 6.92 Å². The number of nitrogens with one attached hydrogen (secondary N) is 2. The first kappa shape index (κ1) is 24.7. The summed E-state index contributed by atoms with van der Waals surface area (Å²) in [6.07, 6.45) is -0.442. The molecule has 2 amide bonds. The Kier molecular flexibility index (Phi) is 9.59. The van der Waals surface area contributed by atoms with Crippen molar-refractivity contribution in [3.05, 3.63) is 47.7 Å². The molecule has 1 aromatic heterocycles. The molecule has 0 fully saturated rings. The molecule has 0 unspecified atom stereocenters. The van der Waals surface area contributed by atoms with Gasteiger partial charge >= 0.3 is 12.1 Å². The van der Waals surface area contributed by atoms with Gasteiger partial charge < -0.3 is 30.2 Å². The van der Waals surface area contributed by atoms with Gasteiger partial charge in [0, 0.05) is 0 Å². The minimum atomic E-state index is -2.15. The highest BCUT2D eigenvalue weighted by atomic mass is 35.5. The number of hydrogen-bond donors (Lipinski definition) is 4. The molecule has 2 aromatic rings. The number of aromatic nitrogens is 1. The maximum Gasteiger partial charge on any atom is 0.409 e. The SMILES string of the molecule is C[C@@](NC(=O)OCc1ccccc1)(NC(=O)c1cc(OCCCN)no1)C(=O)O.Cl. The van der Waals surface area contributed by atoms with E-state index in [2.05, 4.69) is 15.8 Å². The lowest BCUT2D eigenvalue weighted by Gasteiger charge is -2.26. The van der Waals surface area contributed by atoms with Gasteiger partial charge in [0.15, 0.2) is 0 Å². The molecule has 5 N–H and O–H groups in total. The maximum absolute atomic E-state index is 12.3. The first-order valence-electron chi connectivity index (χ1n) is 8.68. The average molecular weight is 443 g/mol. The van der Waals surface area contributed by atoms with Gasteiger partial charge in [-0.2, -0.15) is 0 Å². The van der Waals surface area contributed by atoms with E-state index < -0.39 is 23.6 Å². The molecule has 0 spiro atoms. The Morgan fingerprint density at radius 1 is 1.23 bits per heavy atom. The van der Waals surface area contributed by atoms with E-state index in [9.17, 15) is 19.5 Å². The van der Waals surface area contributed by atoms with Crippen LogP contribution in [0.3, 0.4) is 0 Å². The van der Waals surface area contributed by atoms with Crippen LogP contribution in [0.5, 0.6) is 5.88 Å². The fourth-order valence-corrected chi connectivity index (χ4v) is 2.08. The number of nitrogens with two attached hydrogens (primary N) is 1. The van der Waals surface area contributed by atoms with Crippen LogP contribution in [0.15, 0.2) is 40.9 Å². The number of halogens is 1. The standard InChI is InChI=1S/C18H22N4O7.ClH/c1-18(16(24)25,21-17(26)28-11-12-6-3-2-4-7-12)20-15(23)13-10-14(22-29-13)27-9-5-8-19;/h2-4,6-7,10H,5,8-9,11,19H2,1H3,(H,20,23)(H,21,26)(H,24,25);1H/t18-;/m0./s1. The normalized spacial score (nSPS) is 12.1. The molecule has 0 saturated carbocycles. The van der Waals surface area contributed by atoms with Gasteiger partial charge in [0.05, 0.1) is 12.7 Å². The zero-order valence-electron chi connectivity index (χ0n) is 16.1. The zero-order valence-corrected chi connectivity index (χ0v) is 16.9. The van der Waals surface area contributed by atoms with E-state index in [-0.39, 0.29) is 37.3 Å². The van der Waals surface area contributed by atoms with E-state index in [1.54, 1.807) is 30.3 Å². The van der Waals surface area contributed by atoms with Gasteiger partial charge in [-0.15, -0.1) is 12.4 Å². The van der Waals surface area contributed by atoms with Crippen LogP contribution >= 0.6 is 12.4 Å². The van der Waals surface area contributed by atoms with Crippen LogP contribution in [-0.2, 0) is 16.1 Å². The third-order valence-electron chi connectivity index (χ3n) is 3.67. The third-order valence-corrected chi connectivity index (χ3v) is 3.67. The number of carboxylic acids is 1. The summed E-state index contributed by atoms with van der Waals surface area (Å²) in [6, 6.07) is 10.0. The summed E-state index contributed by atoms with van der Waals surface area (Å²) in [5.74, 6) is -2.67. The van der Waals surface area contributed by atoms with Crippen molar-refractivity contribution in [3.8, 4) is 5.88 Å². The molecule has 0 radical (unpaired) electrons. The highest BCUT2D eigenvalue weighted by Gasteiger charge is 2.38. The lowest BCUT2D eigenvalue weighted by molar-refractivity contribution is -0.145. The van der Waals surface area contributed by atoms with Crippen molar-refractivity contribution in [2.75, 3.05) is 13.2 Å². The quantitative estimate of drug-likeness (QED) is 0.313. The highest BCUT2D eigenvalue weighted by molar-refractivity contribution is 5.96. The number of ether oxygens (including phenoxy) is 2. The predicted molar refractivity (Wildman–Crippen MR) is 106 cm³/mol. The maximum atomic E-state index is 12.3. The van der Waals surface area contributed by atoms with Crippen LogP contribution in [0.25, 0.3) is 0 Å². The molecule has 30 heavy (non-hydrogen) atoms. The number of nitrogens with zero attached hydrogens (tertiary/aromatic N) is 1. The van der Waals surface area contributed by atoms with Crippen LogP contribution in [0.2, 0.25) is 0 Å². The lowest BCUT2D eigenvalue weighted by Crippen LogP contribution is -2.63. The fraction of sp³-hybridized carbons (Fsp3) is 0.333. The number of hydrogen-bond acceptors (Lipinski definition) is 8. The molecular weight excluding hydrogens is 420 g/mol. The van der Waals surface area contributed by atoms with Crippen molar-refractivity contribution in [2.45, 2.75) is 25.6 Å². The molecule has 2 rings (SSSR count). The summed E-state index contributed by atoms with van der Waals surface area (Å²) in [6.45, 7) is 1.73. The Morgan fingerprint density at radius 3 is 2.57 bits per heavy atom. The van der Waals surface area contributed by atoms with Crippen molar-refractivity contribution in [2.24, 2.45) is 5.73 Å². The molecule has 1 heterocycles. The lowest BCUT2D eigenvalue weighted by atomic mass is 10.2. The smallest absolute Gasteiger partial charge is 0.409 e. The van der Waals surface area contributed by atoms with Gasteiger partial charge in [0.25, 0.3) is 11.8 Å². The largest absolute Gasteiger partial charge is 0.478 e. The summed E-state index contributed by atoms with van der Waals surface area (Å²) in [5, 5.41) is 17.3. The van der Waals surface area contributed by atoms with Crippen molar-refractivity contribution in [1.29, 1.82) is 0 Å². The van der Waals surface area contributed by atoms with E-state index in [1.807, 2.05) is 0 Å². The van der Waals surface area contributed by atoms with Crippen LogP contribution in [0, 0.1) is 0 Å². The Morgan fingerprint density at radius 2 is 1.93 bits per heavy atom. The van der Waals surface area contributed by atoms with Crippen LogP contribution in [-0.4, -0.2) is 47.0 Å². The molecule has 0 saturated heterocycles. The Balaban J connectivity index is 0.00000450. The molecular formula is C18H23ClN4O7. The first-order chi connectivity index (χ1) is 13.8. The topological polar surface area (TPSA) is 166 Å². The molecule has 11 nitrogen and oxygen atoms in total. The van der Waals surface area contributed by atoms with Gasteiger partial charge in [0.2, 0.25) is 11.4 Å². The number of carbonyl (C=O) groups is 3. The summed E-state index contributed by atoms with van der Waals surface area (Å²) in [4.78, 5) is 35.9. The molecule has 1 atom stereocenters. The summed E-state index contributed by atoms with van der Waals surface area (Å²) < 4.78 is 15.0. The second-order valence-electron chi connectivity index (χ2n) is 6.09. The zero-order chi connectivity index (χ0) is 21.3. The van der Waals surface area contributed by atoms with Crippen LogP contribution < -0.4 is 21.1 Å². The van der Waals surface area contributed by atoms with E-state index in [1.165, 1.54) is 6.07 Å². The number of carbonyl (C=O) groups excluding carboxylic acids is 2. The summed E-state index contributed by atoms with van der Waals surface area (Å²) in [5.41, 5.74) is 3.91. The molecule has 0 aliphatic carbocycles. The second kappa shape index (κ2) is 11.6. The predicted octanol–water partition coefficient (Wildman–Crippen LogP) is 1.28. The van der Waals surface area contributed by atoms with Crippen LogP contribution in [0.4, 0.5) is 4.79 Å². The van der Waals surface area contributed by atoms with Crippen molar-refractivity contribution in [1.82, 2.24) is 15.8 Å². The average Bonchev–Trinajstić information content (AvgIpc) is 3.16. The van der Waals surface area contributed by atoms with Gasteiger partial charge in [-0.3, -0.25) is 10.1 Å². The van der Waals surface area contributed by atoms with E-state index >= 15 is 0 Å². The van der Waals surface area contributed by atoms with Crippen LogP contribution in [0.1, 0.15) is 29.5 Å². The highest BCUT2D eigenvalue weighted by Crippen LogP contribution is 2.13. The van der Waals surface area contributed by atoms with E-state index in [4.69, 9.17) is 19.7 Å². The van der Waals surface area contributed by atoms with E-state index in [0.29, 0.717) is 18.5 Å². The summed E-state index contributed by atoms with van der Waals surface area (Å²) in [7, 11) is 0. The molecule has 0 bridgehead atoms. The molecule has 1 aromatic carbocycles. The van der Waals surface area contributed by atoms with Gasteiger partial charge in [-0.1, -0.05) is 30.3 Å². The minimum Gasteiger partial charge on any atom is -0.478 e. The van der Waals surface area contributed by atoms with Crippen molar-refractivity contribution >= 4 is 30.4 Å². The fourth-order valence-electron chi connectivity index (χ4n) is 2.08.